The quantitative estimate of drug-likeness (QED) is 0.729. The van der Waals surface area contributed by atoms with E-state index in [1.54, 1.807) is 23.7 Å². The number of ketones is 1. The van der Waals surface area contributed by atoms with E-state index in [0.29, 0.717) is 18.2 Å². The number of rotatable bonds is 2. The lowest BCUT2D eigenvalue weighted by Gasteiger charge is -2.37. The van der Waals surface area contributed by atoms with E-state index in [-0.39, 0.29) is 17.2 Å². The number of fused-ring (bicyclic) bond motifs is 1. The van der Waals surface area contributed by atoms with Crippen LogP contribution in [0.15, 0.2) is 53.3 Å². The molecule has 3 aromatic rings. The summed E-state index contributed by atoms with van der Waals surface area (Å²) in [4.78, 5) is 23.0. The number of thiophene rings is 1. The van der Waals surface area contributed by atoms with E-state index in [0.717, 1.165) is 28.1 Å². The van der Waals surface area contributed by atoms with Crippen molar-refractivity contribution in [3.63, 3.8) is 0 Å². The number of carbonyl (C=O) groups is 1. The first-order chi connectivity index (χ1) is 13.0. The number of carbonyl (C=O) groups excluding carboxylic acids is 1. The molecule has 136 valence electrons. The summed E-state index contributed by atoms with van der Waals surface area (Å²) in [7, 11) is 0. The number of hydrogen-bond donors (Lipinski definition) is 1. The molecular formula is C20H19N5OS. The predicted octanol–water partition coefficient (Wildman–Crippen LogP) is 4.06. The van der Waals surface area contributed by atoms with Gasteiger partial charge >= 0.3 is 0 Å². The van der Waals surface area contributed by atoms with Crippen LogP contribution in [0.2, 0.25) is 0 Å². The molecule has 27 heavy (non-hydrogen) atoms. The van der Waals surface area contributed by atoms with Crippen LogP contribution in [0.5, 0.6) is 0 Å². The molecule has 0 fully saturated rings. The summed E-state index contributed by atoms with van der Waals surface area (Å²) in [6.45, 7) is 4.27. The van der Waals surface area contributed by atoms with Crippen molar-refractivity contribution in [1.29, 1.82) is 0 Å². The molecule has 4 heterocycles. The van der Waals surface area contributed by atoms with Crippen LogP contribution in [0, 0.1) is 5.41 Å². The molecule has 5 rings (SSSR count). The van der Waals surface area contributed by atoms with E-state index in [1.165, 1.54) is 0 Å². The van der Waals surface area contributed by atoms with Gasteiger partial charge < -0.3 is 5.32 Å². The van der Waals surface area contributed by atoms with Gasteiger partial charge in [0.15, 0.2) is 11.6 Å². The van der Waals surface area contributed by atoms with Gasteiger partial charge in [0.1, 0.15) is 6.04 Å². The molecule has 1 aliphatic carbocycles. The van der Waals surface area contributed by atoms with Gasteiger partial charge in [-0.3, -0.25) is 9.78 Å². The van der Waals surface area contributed by atoms with Gasteiger partial charge in [-0.25, -0.2) is 4.68 Å². The topological polar surface area (TPSA) is 72.7 Å². The average Bonchev–Trinajstić information content (AvgIpc) is 3.29. The van der Waals surface area contributed by atoms with Gasteiger partial charge in [0.05, 0.1) is 0 Å². The molecule has 0 saturated heterocycles. The zero-order valence-electron chi connectivity index (χ0n) is 15.1. The Morgan fingerprint density at radius 3 is 2.89 bits per heavy atom. The number of allylic oxidation sites excluding steroid dienone is 2. The smallest absolute Gasteiger partial charge is 0.226 e. The van der Waals surface area contributed by atoms with Crippen molar-refractivity contribution in [1.82, 2.24) is 19.7 Å². The van der Waals surface area contributed by atoms with Crippen LogP contribution < -0.4 is 5.32 Å². The Balaban J connectivity index is 1.68. The van der Waals surface area contributed by atoms with Crippen molar-refractivity contribution in [2.45, 2.75) is 32.7 Å². The maximum Gasteiger partial charge on any atom is 0.226 e. The summed E-state index contributed by atoms with van der Waals surface area (Å²) in [5.41, 5.74) is 2.60. The Morgan fingerprint density at radius 1 is 1.26 bits per heavy atom. The summed E-state index contributed by atoms with van der Waals surface area (Å²) in [5.74, 6) is 1.48. The summed E-state index contributed by atoms with van der Waals surface area (Å²) < 4.78 is 1.85. The normalized spacial score (nSPS) is 20.8. The Morgan fingerprint density at radius 2 is 2.15 bits per heavy atom. The lowest BCUT2D eigenvalue weighted by molar-refractivity contribution is -0.118. The second-order valence-electron chi connectivity index (χ2n) is 7.82. The van der Waals surface area contributed by atoms with Crippen molar-refractivity contribution in [2.24, 2.45) is 5.41 Å². The molecule has 3 aromatic heterocycles. The largest absolute Gasteiger partial charge is 0.328 e. The number of nitrogens with zero attached hydrogens (tertiary/aromatic N) is 4. The maximum atomic E-state index is 13.1. The molecule has 1 aliphatic heterocycles. The highest BCUT2D eigenvalue weighted by Gasteiger charge is 2.42. The van der Waals surface area contributed by atoms with Crippen LogP contribution >= 0.6 is 11.3 Å². The molecule has 6 nitrogen and oxygen atoms in total. The third-order valence-corrected chi connectivity index (χ3v) is 5.99. The zero-order chi connectivity index (χ0) is 18.6. The highest BCUT2D eigenvalue weighted by Crippen LogP contribution is 2.46. The standard InChI is InChI=1S/C20H19N5OS/c1-20(2)9-13-16(14(26)10-20)17(15-6-4-8-27-15)25-19(22-13)23-18(24-25)12-5-3-7-21-11-12/h3-8,11,17H,9-10H2,1-2H3,(H,22,23,24). The lowest BCUT2D eigenvalue weighted by Crippen LogP contribution is -2.36. The van der Waals surface area contributed by atoms with Gasteiger partial charge in [0, 0.05) is 40.5 Å². The van der Waals surface area contributed by atoms with Gasteiger partial charge in [0.25, 0.3) is 0 Å². The lowest BCUT2D eigenvalue weighted by atomic mass is 9.73. The number of anilines is 1. The third-order valence-electron chi connectivity index (χ3n) is 5.06. The molecule has 0 bridgehead atoms. The Bertz CT molecular complexity index is 1050. The number of hydrogen-bond acceptors (Lipinski definition) is 6. The first-order valence-electron chi connectivity index (χ1n) is 8.95. The van der Waals surface area contributed by atoms with E-state index in [9.17, 15) is 4.79 Å². The molecule has 0 amide bonds. The minimum atomic E-state index is -0.224. The number of Topliss-reactive ketones (excluding diaryl/α,β-unsaturated/α-hetero) is 1. The fraction of sp³-hybridized carbons (Fsp3) is 0.300. The maximum absolute atomic E-state index is 13.1. The SMILES string of the molecule is CC1(C)CC(=O)C2=C(C1)Nc1nc(-c3cccnc3)nn1C2c1cccs1. The first kappa shape index (κ1) is 16.4. The van der Waals surface area contributed by atoms with Gasteiger partial charge in [-0.05, 0) is 35.4 Å². The van der Waals surface area contributed by atoms with Crippen LogP contribution in [-0.4, -0.2) is 25.5 Å². The van der Waals surface area contributed by atoms with Gasteiger partial charge in [0.2, 0.25) is 5.95 Å². The fourth-order valence-electron chi connectivity index (χ4n) is 3.94. The van der Waals surface area contributed by atoms with Crippen LogP contribution in [0.4, 0.5) is 5.95 Å². The minimum Gasteiger partial charge on any atom is -0.328 e. The minimum absolute atomic E-state index is 0.0582. The van der Waals surface area contributed by atoms with E-state index in [1.807, 2.05) is 28.3 Å². The van der Waals surface area contributed by atoms with Crippen LogP contribution in [0.3, 0.4) is 0 Å². The second kappa shape index (κ2) is 5.85. The van der Waals surface area contributed by atoms with Crippen molar-refractivity contribution in [2.75, 3.05) is 5.32 Å². The van der Waals surface area contributed by atoms with Gasteiger partial charge in [-0.15, -0.1) is 16.4 Å². The molecule has 0 saturated carbocycles. The summed E-state index contributed by atoms with van der Waals surface area (Å²) in [6, 6.07) is 7.66. The van der Waals surface area contributed by atoms with Crippen LogP contribution in [0.1, 0.15) is 37.6 Å². The van der Waals surface area contributed by atoms with Gasteiger partial charge in [-0.1, -0.05) is 19.9 Å². The molecule has 0 spiro atoms. The fourth-order valence-corrected chi connectivity index (χ4v) is 4.75. The van der Waals surface area contributed by atoms with Gasteiger partial charge in [-0.2, -0.15) is 4.98 Å². The molecule has 7 heteroatoms. The average molecular weight is 377 g/mol. The summed E-state index contributed by atoms with van der Waals surface area (Å²) in [5, 5.41) is 10.2. The number of nitrogens with one attached hydrogen (secondary N) is 1. The summed E-state index contributed by atoms with van der Waals surface area (Å²) >= 11 is 1.64. The monoisotopic (exact) mass is 377 g/mol. The Hall–Kier alpha value is -2.80. The molecule has 2 aliphatic rings. The highest BCUT2D eigenvalue weighted by molar-refractivity contribution is 7.10. The van der Waals surface area contributed by atoms with Crippen LogP contribution in [-0.2, 0) is 4.79 Å². The Labute approximate surface area is 161 Å². The molecule has 1 N–H and O–H groups in total. The van der Waals surface area contributed by atoms with E-state index in [4.69, 9.17) is 10.1 Å². The number of aromatic nitrogens is 4. The second-order valence-corrected chi connectivity index (χ2v) is 8.80. The Kier molecular flexibility index (Phi) is 3.55. The first-order valence-corrected chi connectivity index (χ1v) is 9.83. The molecule has 1 unspecified atom stereocenters. The van der Waals surface area contributed by atoms with E-state index < -0.39 is 0 Å². The van der Waals surface area contributed by atoms with Crippen molar-refractivity contribution < 1.29 is 4.79 Å². The molecule has 0 aromatic carbocycles. The molecular weight excluding hydrogens is 358 g/mol. The van der Waals surface area contributed by atoms with E-state index in [2.05, 4.69) is 30.2 Å². The number of pyridine rings is 1. The summed E-state index contributed by atoms with van der Waals surface area (Å²) in [6.07, 6.45) is 4.86. The van der Waals surface area contributed by atoms with Crippen molar-refractivity contribution >= 4 is 23.1 Å². The van der Waals surface area contributed by atoms with Crippen molar-refractivity contribution in [3.05, 3.63) is 58.2 Å². The van der Waals surface area contributed by atoms with Crippen LogP contribution in [0.25, 0.3) is 11.4 Å². The molecule has 0 radical (unpaired) electrons. The van der Waals surface area contributed by atoms with E-state index >= 15 is 0 Å². The zero-order valence-corrected chi connectivity index (χ0v) is 16.0. The molecule has 1 atom stereocenters. The third kappa shape index (κ3) is 2.70. The predicted molar refractivity (Wildman–Crippen MR) is 104 cm³/mol. The highest BCUT2D eigenvalue weighted by atomic mass is 32.1. The van der Waals surface area contributed by atoms with Crippen molar-refractivity contribution in [3.8, 4) is 11.4 Å².